The maximum atomic E-state index is 12.3. The summed E-state index contributed by atoms with van der Waals surface area (Å²) in [6.45, 7) is 7.44. The second-order valence-corrected chi connectivity index (χ2v) is 7.49. The standard InChI is InChI=1S/C22H30N4O3/c1-3-14-29-21(27)17-8-11-26(12-9-17)13-10-23-22(28)25-20-15-16(2)24-19-7-5-4-6-18(19)20/h4-7,15,17H,3,8-14H2,1-2H3,(H2,23,24,25,28). The molecule has 7 heteroatoms. The molecular weight excluding hydrogens is 368 g/mol. The summed E-state index contributed by atoms with van der Waals surface area (Å²) >= 11 is 0. The number of para-hydroxylation sites is 1. The number of amides is 2. The van der Waals surface area contributed by atoms with Crippen molar-refractivity contribution in [3.63, 3.8) is 0 Å². The van der Waals surface area contributed by atoms with Gasteiger partial charge in [0.2, 0.25) is 0 Å². The summed E-state index contributed by atoms with van der Waals surface area (Å²) < 4.78 is 5.25. The number of carbonyl (C=O) groups is 2. The topological polar surface area (TPSA) is 83.6 Å². The molecule has 2 aromatic rings. The Morgan fingerprint density at radius 2 is 2.00 bits per heavy atom. The Balaban J connectivity index is 1.42. The number of anilines is 1. The number of hydrogen-bond acceptors (Lipinski definition) is 5. The van der Waals surface area contributed by atoms with E-state index in [2.05, 4.69) is 20.5 Å². The van der Waals surface area contributed by atoms with Crippen molar-refractivity contribution < 1.29 is 14.3 Å². The molecular formula is C22H30N4O3. The number of fused-ring (bicyclic) bond motifs is 1. The molecule has 29 heavy (non-hydrogen) atoms. The molecule has 156 valence electrons. The van der Waals surface area contributed by atoms with Crippen LogP contribution in [0.2, 0.25) is 0 Å². The number of piperidine rings is 1. The van der Waals surface area contributed by atoms with E-state index in [1.807, 2.05) is 44.2 Å². The SMILES string of the molecule is CCCOC(=O)C1CCN(CCNC(=O)Nc2cc(C)nc3ccccc23)CC1. The molecule has 0 atom stereocenters. The number of urea groups is 1. The Kier molecular flexibility index (Phi) is 7.41. The highest BCUT2D eigenvalue weighted by Crippen LogP contribution is 2.22. The molecule has 3 rings (SSSR count). The molecule has 2 amide bonds. The van der Waals surface area contributed by atoms with Gasteiger partial charge in [0.05, 0.1) is 23.7 Å². The van der Waals surface area contributed by atoms with Gasteiger partial charge in [0, 0.05) is 24.2 Å². The van der Waals surface area contributed by atoms with Crippen LogP contribution in [0.1, 0.15) is 31.9 Å². The fourth-order valence-electron chi connectivity index (χ4n) is 3.62. The third-order valence-corrected chi connectivity index (χ3v) is 5.18. The van der Waals surface area contributed by atoms with Crippen LogP contribution >= 0.6 is 0 Å². The number of benzene rings is 1. The first kappa shape index (κ1) is 21.0. The molecule has 0 aliphatic carbocycles. The van der Waals surface area contributed by atoms with Gasteiger partial charge in [-0.1, -0.05) is 25.1 Å². The minimum Gasteiger partial charge on any atom is -0.465 e. The number of pyridine rings is 1. The molecule has 1 aliphatic rings. The molecule has 0 radical (unpaired) electrons. The summed E-state index contributed by atoms with van der Waals surface area (Å²) in [5.74, 6) is -0.0545. The summed E-state index contributed by atoms with van der Waals surface area (Å²) in [5.41, 5.74) is 2.49. The molecule has 1 fully saturated rings. The van der Waals surface area contributed by atoms with Crippen molar-refractivity contribution in [1.82, 2.24) is 15.2 Å². The first-order valence-electron chi connectivity index (χ1n) is 10.4. The zero-order chi connectivity index (χ0) is 20.6. The molecule has 0 spiro atoms. The second-order valence-electron chi connectivity index (χ2n) is 7.49. The fraction of sp³-hybridized carbons (Fsp3) is 0.500. The van der Waals surface area contributed by atoms with Crippen molar-refractivity contribution >= 4 is 28.6 Å². The number of rotatable bonds is 7. The molecule has 1 aromatic heterocycles. The van der Waals surface area contributed by atoms with E-state index in [4.69, 9.17) is 4.74 Å². The third-order valence-electron chi connectivity index (χ3n) is 5.18. The Labute approximate surface area is 171 Å². The molecule has 1 saturated heterocycles. The van der Waals surface area contributed by atoms with Crippen molar-refractivity contribution in [2.24, 2.45) is 5.92 Å². The van der Waals surface area contributed by atoms with E-state index >= 15 is 0 Å². The van der Waals surface area contributed by atoms with Crippen LogP contribution in [0.15, 0.2) is 30.3 Å². The van der Waals surface area contributed by atoms with Crippen LogP contribution in [0.3, 0.4) is 0 Å². The summed E-state index contributed by atoms with van der Waals surface area (Å²) in [6.07, 6.45) is 2.49. The van der Waals surface area contributed by atoms with Crippen molar-refractivity contribution in [3.8, 4) is 0 Å². The Bertz CT molecular complexity index is 847. The predicted molar refractivity (Wildman–Crippen MR) is 114 cm³/mol. The van der Waals surface area contributed by atoms with E-state index in [0.717, 1.165) is 61.2 Å². The molecule has 0 saturated carbocycles. The largest absolute Gasteiger partial charge is 0.465 e. The van der Waals surface area contributed by atoms with Gasteiger partial charge >= 0.3 is 12.0 Å². The van der Waals surface area contributed by atoms with Gasteiger partial charge in [-0.15, -0.1) is 0 Å². The first-order valence-corrected chi connectivity index (χ1v) is 10.4. The number of aryl methyl sites for hydroxylation is 1. The lowest BCUT2D eigenvalue weighted by Crippen LogP contribution is -2.42. The maximum Gasteiger partial charge on any atom is 0.319 e. The lowest BCUT2D eigenvalue weighted by molar-refractivity contribution is -0.150. The maximum absolute atomic E-state index is 12.3. The quantitative estimate of drug-likeness (QED) is 0.699. The van der Waals surface area contributed by atoms with Gasteiger partial charge in [0.1, 0.15) is 0 Å². The minimum atomic E-state index is -0.223. The van der Waals surface area contributed by atoms with Crippen molar-refractivity contribution in [3.05, 3.63) is 36.0 Å². The van der Waals surface area contributed by atoms with Gasteiger partial charge in [0.25, 0.3) is 0 Å². The summed E-state index contributed by atoms with van der Waals surface area (Å²) in [7, 11) is 0. The van der Waals surface area contributed by atoms with Gasteiger partial charge in [-0.25, -0.2) is 4.79 Å². The van der Waals surface area contributed by atoms with Crippen LogP contribution < -0.4 is 10.6 Å². The molecule has 7 nitrogen and oxygen atoms in total. The summed E-state index contributed by atoms with van der Waals surface area (Å²) in [4.78, 5) is 31.0. The predicted octanol–water partition coefficient (Wildman–Crippen LogP) is 3.33. The third kappa shape index (κ3) is 5.90. The van der Waals surface area contributed by atoms with Gasteiger partial charge in [-0.05, 0) is 51.4 Å². The van der Waals surface area contributed by atoms with E-state index in [9.17, 15) is 9.59 Å². The van der Waals surface area contributed by atoms with Crippen LogP contribution in [0, 0.1) is 12.8 Å². The van der Waals surface area contributed by atoms with Crippen molar-refractivity contribution in [2.75, 3.05) is 38.1 Å². The highest BCUT2D eigenvalue weighted by atomic mass is 16.5. The van der Waals surface area contributed by atoms with Crippen LogP contribution in [-0.2, 0) is 9.53 Å². The average molecular weight is 399 g/mol. The Morgan fingerprint density at radius 1 is 1.24 bits per heavy atom. The van der Waals surface area contributed by atoms with E-state index in [1.54, 1.807) is 0 Å². The normalized spacial score (nSPS) is 15.2. The van der Waals surface area contributed by atoms with Crippen LogP contribution in [0.5, 0.6) is 0 Å². The zero-order valence-electron chi connectivity index (χ0n) is 17.2. The molecule has 0 unspecified atom stereocenters. The minimum absolute atomic E-state index is 0.0114. The van der Waals surface area contributed by atoms with Gasteiger partial charge in [-0.3, -0.25) is 9.78 Å². The van der Waals surface area contributed by atoms with Gasteiger partial charge in [-0.2, -0.15) is 0 Å². The number of nitrogens with zero attached hydrogens (tertiary/aromatic N) is 2. The number of nitrogens with one attached hydrogen (secondary N) is 2. The highest BCUT2D eigenvalue weighted by Gasteiger charge is 2.25. The van der Waals surface area contributed by atoms with E-state index in [0.29, 0.717) is 13.2 Å². The Morgan fingerprint density at radius 3 is 2.76 bits per heavy atom. The Hall–Kier alpha value is -2.67. The summed E-state index contributed by atoms with van der Waals surface area (Å²) in [5, 5.41) is 6.78. The average Bonchev–Trinajstić information content (AvgIpc) is 2.72. The van der Waals surface area contributed by atoms with Crippen molar-refractivity contribution in [2.45, 2.75) is 33.1 Å². The van der Waals surface area contributed by atoms with E-state index in [-0.39, 0.29) is 17.9 Å². The van der Waals surface area contributed by atoms with Gasteiger partial charge < -0.3 is 20.3 Å². The molecule has 0 bridgehead atoms. The number of esters is 1. The number of aromatic nitrogens is 1. The lowest BCUT2D eigenvalue weighted by Gasteiger charge is -2.30. The van der Waals surface area contributed by atoms with Crippen molar-refractivity contribution in [1.29, 1.82) is 0 Å². The molecule has 2 heterocycles. The smallest absolute Gasteiger partial charge is 0.319 e. The van der Waals surface area contributed by atoms with Crippen LogP contribution in [0.25, 0.3) is 10.9 Å². The number of carbonyl (C=O) groups excluding carboxylic acids is 2. The highest BCUT2D eigenvalue weighted by molar-refractivity contribution is 6.00. The zero-order valence-corrected chi connectivity index (χ0v) is 17.2. The summed E-state index contributed by atoms with van der Waals surface area (Å²) in [6, 6.07) is 9.42. The molecule has 1 aromatic carbocycles. The number of ether oxygens (including phenoxy) is 1. The number of likely N-dealkylation sites (tertiary alicyclic amines) is 1. The van der Waals surface area contributed by atoms with E-state index < -0.39 is 0 Å². The molecule has 1 aliphatic heterocycles. The molecule has 2 N–H and O–H groups in total. The van der Waals surface area contributed by atoms with E-state index in [1.165, 1.54) is 0 Å². The van der Waals surface area contributed by atoms with Gasteiger partial charge in [0.15, 0.2) is 0 Å². The number of hydrogen-bond donors (Lipinski definition) is 2. The van der Waals surface area contributed by atoms with Crippen LogP contribution in [-0.4, -0.2) is 54.7 Å². The first-order chi connectivity index (χ1) is 14.1. The second kappa shape index (κ2) is 10.2. The van der Waals surface area contributed by atoms with Crippen LogP contribution in [0.4, 0.5) is 10.5 Å². The monoisotopic (exact) mass is 398 g/mol. The lowest BCUT2D eigenvalue weighted by atomic mass is 9.97. The fourth-order valence-corrected chi connectivity index (χ4v) is 3.62.